The molecular weight excluding hydrogens is 472 g/mol. The summed E-state index contributed by atoms with van der Waals surface area (Å²) >= 11 is 5.27. The second-order valence-electron chi connectivity index (χ2n) is 8.75. The summed E-state index contributed by atoms with van der Waals surface area (Å²) in [7, 11) is 0. The number of anilines is 2. The fourth-order valence-corrected chi connectivity index (χ4v) is 4.22. The Labute approximate surface area is 217 Å². The van der Waals surface area contributed by atoms with Crippen LogP contribution in [0.15, 0.2) is 72.8 Å². The van der Waals surface area contributed by atoms with E-state index in [2.05, 4.69) is 15.5 Å². The van der Waals surface area contributed by atoms with E-state index >= 15 is 0 Å². The third-order valence-corrected chi connectivity index (χ3v) is 6.27. The number of aryl methyl sites for hydroxylation is 2. The van der Waals surface area contributed by atoms with Crippen molar-refractivity contribution in [3.05, 3.63) is 89.5 Å². The van der Waals surface area contributed by atoms with E-state index in [1.807, 2.05) is 91.5 Å². The van der Waals surface area contributed by atoms with E-state index in [-0.39, 0.29) is 23.5 Å². The predicted molar refractivity (Wildman–Crippen MR) is 147 cm³/mol. The molecule has 4 rings (SSSR count). The fraction of sp³-hybridized carbons (Fsp3) is 0.250. The van der Waals surface area contributed by atoms with Crippen LogP contribution in [0.5, 0.6) is 5.75 Å². The Balaban J connectivity index is 1.22. The molecule has 3 aromatic rings. The summed E-state index contributed by atoms with van der Waals surface area (Å²) in [4.78, 5) is 29.1. The van der Waals surface area contributed by atoms with E-state index in [0.29, 0.717) is 18.8 Å². The van der Waals surface area contributed by atoms with Gasteiger partial charge in [0.2, 0.25) is 0 Å². The van der Waals surface area contributed by atoms with Crippen molar-refractivity contribution in [2.45, 2.75) is 13.8 Å². The van der Waals surface area contributed by atoms with E-state index in [1.165, 1.54) is 0 Å². The molecule has 0 radical (unpaired) electrons. The van der Waals surface area contributed by atoms with Crippen molar-refractivity contribution in [3.8, 4) is 5.75 Å². The zero-order chi connectivity index (χ0) is 25.5. The van der Waals surface area contributed by atoms with Crippen molar-refractivity contribution in [2.24, 2.45) is 0 Å². The number of hydrogen-bond acceptors (Lipinski definition) is 5. The topological polar surface area (TPSA) is 73.9 Å². The SMILES string of the molecule is Cc1ccc(C(=O)N2CCN(c3ccc(NC(=S)NC(=O)COc4ccccc4C)cc3)CC2)cc1. The molecule has 186 valence electrons. The minimum atomic E-state index is -0.328. The van der Waals surface area contributed by atoms with E-state index in [0.717, 1.165) is 41.2 Å². The third kappa shape index (κ3) is 6.60. The van der Waals surface area contributed by atoms with E-state index in [1.54, 1.807) is 0 Å². The molecule has 1 fully saturated rings. The summed E-state index contributed by atoms with van der Waals surface area (Å²) in [6.45, 7) is 6.69. The molecule has 8 heteroatoms. The molecule has 1 aliphatic rings. The lowest BCUT2D eigenvalue weighted by Crippen LogP contribution is -2.48. The zero-order valence-electron chi connectivity index (χ0n) is 20.5. The van der Waals surface area contributed by atoms with Gasteiger partial charge in [-0.3, -0.25) is 14.9 Å². The Hall–Kier alpha value is -3.91. The Bertz CT molecular complexity index is 1220. The molecule has 36 heavy (non-hydrogen) atoms. The van der Waals surface area contributed by atoms with Crippen LogP contribution in [0.25, 0.3) is 0 Å². The highest BCUT2D eigenvalue weighted by molar-refractivity contribution is 7.80. The highest BCUT2D eigenvalue weighted by Gasteiger charge is 2.22. The predicted octanol–water partition coefficient (Wildman–Crippen LogP) is 4.16. The molecule has 7 nitrogen and oxygen atoms in total. The van der Waals surface area contributed by atoms with Crippen LogP contribution in [-0.2, 0) is 4.79 Å². The molecule has 0 aliphatic carbocycles. The molecule has 1 heterocycles. The van der Waals surface area contributed by atoms with Gasteiger partial charge in [0.05, 0.1) is 0 Å². The molecule has 0 aromatic heterocycles. The lowest BCUT2D eigenvalue weighted by molar-refractivity contribution is -0.121. The average Bonchev–Trinajstić information content (AvgIpc) is 2.89. The van der Waals surface area contributed by atoms with Gasteiger partial charge < -0.3 is 19.9 Å². The highest BCUT2D eigenvalue weighted by Crippen LogP contribution is 2.20. The first-order chi connectivity index (χ1) is 17.4. The van der Waals surface area contributed by atoms with E-state index < -0.39 is 0 Å². The summed E-state index contributed by atoms with van der Waals surface area (Å²) in [6, 6.07) is 23.1. The number of thiocarbonyl (C=S) groups is 1. The number of benzene rings is 3. The second-order valence-corrected chi connectivity index (χ2v) is 9.16. The standard InChI is InChI=1S/C28H30N4O3S/c1-20-7-9-22(10-8-20)27(34)32-17-15-31(16-18-32)24-13-11-23(12-14-24)29-28(36)30-26(33)19-35-25-6-4-3-5-21(25)2/h3-14H,15-19H2,1-2H3,(H2,29,30,33,36). The van der Waals surface area contributed by atoms with Crippen LogP contribution in [0.1, 0.15) is 21.5 Å². The summed E-state index contributed by atoms with van der Waals surface area (Å²) in [5.41, 5.74) is 4.69. The molecule has 0 saturated carbocycles. The largest absolute Gasteiger partial charge is 0.483 e. The first-order valence-electron chi connectivity index (χ1n) is 11.9. The third-order valence-electron chi connectivity index (χ3n) is 6.06. The number of nitrogens with one attached hydrogen (secondary N) is 2. The van der Waals surface area contributed by atoms with Gasteiger partial charge in [-0.1, -0.05) is 35.9 Å². The van der Waals surface area contributed by atoms with Gasteiger partial charge in [0.1, 0.15) is 5.75 Å². The fourth-order valence-electron chi connectivity index (χ4n) is 3.99. The van der Waals surface area contributed by atoms with Crippen LogP contribution in [0.4, 0.5) is 11.4 Å². The Morgan fingerprint density at radius 3 is 2.22 bits per heavy atom. The van der Waals surface area contributed by atoms with Crippen LogP contribution >= 0.6 is 12.2 Å². The molecule has 3 aromatic carbocycles. The molecule has 0 bridgehead atoms. The number of ether oxygens (including phenoxy) is 1. The number of piperazine rings is 1. The number of carbonyl (C=O) groups is 2. The molecule has 1 aliphatic heterocycles. The maximum atomic E-state index is 12.8. The van der Waals surface area contributed by atoms with Crippen molar-refractivity contribution in [2.75, 3.05) is 43.0 Å². The molecule has 1 saturated heterocycles. The van der Waals surface area contributed by atoms with E-state index in [4.69, 9.17) is 17.0 Å². The normalized spacial score (nSPS) is 13.2. The van der Waals surface area contributed by atoms with Crippen molar-refractivity contribution in [1.82, 2.24) is 10.2 Å². The highest BCUT2D eigenvalue weighted by atomic mass is 32.1. The maximum absolute atomic E-state index is 12.8. The van der Waals surface area contributed by atoms with Crippen molar-refractivity contribution in [1.29, 1.82) is 0 Å². The number of para-hydroxylation sites is 1. The Morgan fingerprint density at radius 1 is 0.889 bits per heavy atom. The van der Waals surface area contributed by atoms with Crippen LogP contribution in [0, 0.1) is 13.8 Å². The summed E-state index contributed by atoms with van der Waals surface area (Å²) < 4.78 is 5.56. The molecule has 0 unspecified atom stereocenters. The van der Waals surface area contributed by atoms with Crippen LogP contribution in [0.2, 0.25) is 0 Å². The molecule has 0 atom stereocenters. The van der Waals surface area contributed by atoms with Crippen LogP contribution in [-0.4, -0.2) is 54.6 Å². The lowest BCUT2D eigenvalue weighted by atomic mass is 10.1. The monoisotopic (exact) mass is 502 g/mol. The maximum Gasteiger partial charge on any atom is 0.264 e. The van der Waals surface area contributed by atoms with Gasteiger partial charge in [0, 0.05) is 43.1 Å². The zero-order valence-corrected chi connectivity index (χ0v) is 21.3. The van der Waals surface area contributed by atoms with Gasteiger partial charge >= 0.3 is 0 Å². The molecular formula is C28H30N4O3S. The number of hydrogen-bond donors (Lipinski definition) is 2. The smallest absolute Gasteiger partial charge is 0.264 e. The minimum Gasteiger partial charge on any atom is -0.483 e. The number of nitrogens with zero attached hydrogens (tertiary/aromatic N) is 2. The molecule has 0 spiro atoms. The lowest BCUT2D eigenvalue weighted by Gasteiger charge is -2.36. The quantitative estimate of drug-likeness (QED) is 0.493. The number of amides is 2. The second kappa shape index (κ2) is 11.7. The van der Waals surface area contributed by atoms with Gasteiger partial charge in [-0.15, -0.1) is 0 Å². The van der Waals surface area contributed by atoms with Gasteiger partial charge in [0.25, 0.3) is 11.8 Å². The number of carbonyl (C=O) groups excluding carboxylic acids is 2. The van der Waals surface area contributed by atoms with Crippen molar-refractivity contribution >= 4 is 40.5 Å². The average molecular weight is 503 g/mol. The first-order valence-corrected chi connectivity index (χ1v) is 12.3. The summed E-state index contributed by atoms with van der Waals surface area (Å²) in [5, 5.41) is 5.88. The van der Waals surface area contributed by atoms with Gasteiger partial charge in [-0.2, -0.15) is 0 Å². The van der Waals surface area contributed by atoms with Crippen LogP contribution in [0.3, 0.4) is 0 Å². The van der Waals surface area contributed by atoms with Gasteiger partial charge in [-0.25, -0.2) is 0 Å². The van der Waals surface area contributed by atoms with Gasteiger partial charge in [0.15, 0.2) is 11.7 Å². The Morgan fingerprint density at radius 2 is 1.56 bits per heavy atom. The minimum absolute atomic E-state index is 0.0778. The number of rotatable bonds is 6. The molecule has 2 amide bonds. The van der Waals surface area contributed by atoms with Crippen molar-refractivity contribution in [3.63, 3.8) is 0 Å². The summed E-state index contributed by atoms with van der Waals surface area (Å²) in [6.07, 6.45) is 0. The summed E-state index contributed by atoms with van der Waals surface area (Å²) in [5.74, 6) is 0.418. The Kier molecular flexibility index (Phi) is 8.17. The van der Waals surface area contributed by atoms with E-state index in [9.17, 15) is 9.59 Å². The van der Waals surface area contributed by atoms with Crippen LogP contribution < -0.4 is 20.3 Å². The van der Waals surface area contributed by atoms with Gasteiger partial charge in [-0.05, 0) is 74.1 Å². The first kappa shape index (κ1) is 25.2. The molecule has 2 N–H and O–H groups in total. The van der Waals surface area contributed by atoms with Crippen molar-refractivity contribution < 1.29 is 14.3 Å².